The summed E-state index contributed by atoms with van der Waals surface area (Å²) >= 11 is 0. The minimum Gasteiger partial charge on any atom is -0.469 e. The molecule has 0 aromatic rings. The van der Waals surface area contributed by atoms with E-state index in [2.05, 4.69) is 33.9 Å². The smallest absolute Gasteiger partial charge is 0.305 e. The molecule has 0 bridgehead atoms. The SMILES string of the molecule is COC(=O)CCC1CCCC(O[Si](C)(C)C(C)(C)C)C1. The zero-order valence-corrected chi connectivity index (χ0v) is 15.1. The highest BCUT2D eigenvalue weighted by atomic mass is 28.4. The molecule has 1 rings (SSSR count). The van der Waals surface area contributed by atoms with Gasteiger partial charge < -0.3 is 9.16 Å². The van der Waals surface area contributed by atoms with Crippen molar-refractivity contribution in [3.05, 3.63) is 0 Å². The zero-order valence-electron chi connectivity index (χ0n) is 14.1. The van der Waals surface area contributed by atoms with Gasteiger partial charge in [-0.2, -0.15) is 0 Å². The third kappa shape index (κ3) is 5.21. The van der Waals surface area contributed by atoms with E-state index in [0.717, 1.165) is 12.8 Å². The van der Waals surface area contributed by atoms with Gasteiger partial charge in [-0.25, -0.2) is 0 Å². The summed E-state index contributed by atoms with van der Waals surface area (Å²) in [5.74, 6) is 0.537. The lowest BCUT2D eigenvalue weighted by molar-refractivity contribution is -0.141. The molecule has 0 spiro atoms. The van der Waals surface area contributed by atoms with Crippen LogP contribution in [0.1, 0.15) is 59.3 Å². The van der Waals surface area contributed by atoms with Gasteiger partial charge >= 0.3 is 5.97 Å². The molecule has 20 heavy (non-hydrogen) atoms. The molecule has 0 aliphatic heterocycles. The van der Waals surface area contributed by atoms with E-state index in [1.807, 2.05) is 0 Å². The van der Waals surface area contributed by atoms with Gasteiger partial charge in [-0.3, -0.25) is 4.79 Å². The van der Waals surface area contributed by atoms with Crippen molar-refractivity contribution in [3.8, 4) is 0 Å². The monoisotopic (exact) mass is 300 g/mol. The molecule has 1 aliphatic rings. The van der Waals surface area contributed by atoms with Crippen LogP contribution >= 0.6 is 0 Å². The van der Waals surface area contributed by atoms with Gasteiger partial charge in [0.25, 0.3) is 0 Å². The standard InChI is InChI=1S/C16H32O3Si/c1-16(2,3)20(5,6)19-14-9-7-8-13(12-14)10-11-15(17)18-4/h13-14H,7-12H2,1-6H3. The summed E-state index contributed by atoms with van der Waals surface area (Å²) in [6, 6.07) is 0. The van der Waals surface area contributed by atoms with Crippen LogP contribution in [0.2, 0.25) is 18.1 Å². The fourth-order valence-corrected chi connectivity index (χ4v) is 4.03. The molecule has 0 N–H and O–H groups in total. The third-order valence-corrected chi connectivity index (χ3v) is 9.52. The number of hydrogen-bond acceptors (Lipinski definition) is 3. The van der Waals surface area contributed by atoms with E-state index in [1.54, 1.807) is 0 Å². The van der Waals surface area contributed by atoms with Crippen molar-refractivity contribution in [2.45, 2.75) is 83.5 Å². The normalized spacial score (nSPS) is 24.5. The fourth-order valence-electron chi connectivity index (χ4n) is 2.63. The molecular formula is C16H32O3Si. The summed E-state index contributed by atoms with van der Waals surface area (Å²) in [5.41, 5.74) is 0. The van der Waals surface area contributed by atoms with E-state index in [-0.39, 0.29) is 11.0 Å². The molecule has 0 aromatic heterocycles. The lowest BCUT2D eigenvalue weighted by atomic mass is 9.84. The van der Waals surface area contributed by atoms with Crippen LogP contribution in [0.3, 0.4) is 0 Å². The van der Waals surface area contributed by atoms with E-state index in [1.165, 1.54) is 26.4 Å². The fraction of sp³-hybridized carbons (Fsp3) is 0.938. The Morgan fingerprint density at radius 1 is 1.25 bits per heavy atom. The van der Waals surface area contributed by atoms with E-state index < -0.39 is 8.32 Å². The Morgan fingerprint density at radius 2 is 1.90 bits per heavy atom. The lowest BCUT2D eigenvalue weighted by Crippen LogP contribution is -2.45. The number of carbonyl (C=O) groups is 1. The van der Waals surface area contributed by atoms with Gasteiger partial charge in [0.15, 0.2) is 8.32 Å². The average Bonchev–Trinajstić information content (AvgIpc) is 2.34. The number of rotatable bonds is 5. The summed E-state index contributed by atoms with van der Waals surface area (Å²) in [6.45, 7) is 11.5. The van der Waals surface area contributed by atoms with E-state index >= 15 is 0 Å². The van der Waals surface area contributed by atoms with Gasteiger partial charge in [0, 0.05) is 12.5 Å². The molecule has 0 saturated heterocycles. The van der Waals surface area contributed by atoms with Gasteiger partial charge in [-0.05, 0) is 43.3 Å². The minimum atomic E-state index is -1.67. The van der Waals surface area contributed by atoms with Crippen LogP contribution < -0.4 is 0 Å². The molecule has 3 nitrogen and oxygen atoms in total. The number of esters is 1. The molecule has 4 heteroatoms. The summed E-state index contributed by atoms with van der Waals surface area (Å²) in [7, 11) is -0.200. The first-order valence-electron chi connectivity index (χ1n) is 7.90. The molecule has 1 saturated carbocycles. The van der Waals surface area contributed by atoms with Gasteiger partial charge in [-0.15, -0.1) is 0 Å². The predicted octanol–water partition coefficient (Wildman–Crippen LogP) is 4.52. The molecule has 0 heterocycles. The largest absolute Gasteiger partial charge is 0.469 e. The second-order valence-corrected chi connectivity index (χ2v) is 12.4. The van der Waals surface area contributed by atoms with Crippen LogP contribution in [0.5, 0.6) is 0 Å². The highest BCUT2D eigenvalue weighted by Gasteiger charge is 2.40. The molecule has 1 fully saturated rings. The molecule has 2 unspecified atom stereocenters. The zero-order chi connectivity index (χ0) is 15.4. The summed E-state index contributed by atoms with van der Waals surface area (Å²) in [5, 5.41) is 0.270. The number of carbonyl (C=O) groups excluding carboxylic acids is 1. The quantitative estimate of drug-likeness (QED) is 0.553. The van der Waals surface area contributed by atoms with E-state index in [4.69, 9.17) is 9.16 Å². The van der Waals surface area contributed by atoms with Crippen molar-refractivity contribution in [3.63, 3.8) is 0 Å². The topological polar surface area (TPSA) is 35.5 Å². The van der Waals surface area contributed by atoms with Crippen LogP contribution in [0.25, 0.3) is 0 Å². The molecular weight excluding hydrogens is 268 g/mol. The molecule has 118 valence electrons. The Labute approximate surface area is 125 Å². The van der Waals surface area contributed by atoms with Crippen molar-refractivity contribution < 1.29 is 14.0 Å². The second kappa shape index (κ2) is 7.08. The van der Waals surface area contributed by atoms with Crippen LogP contribution in [-0.2, 0) is 14.0 Å². The Balaban J connectivity index is 2.47. The van der Waals surface area contributed by atoms with Gasteiger partial charge in [0.05, 0.1) is 7.11 Å². The van der Waals surface area contributed by atoms with Gasteiger partial charge in [-0.1, -0.05) is 33.6 Å². The number of methoxy groups -OCH3 is 1. The molecule has 1 aliphatic carbocycles. The highest BCUT2D eigenvalue weighted by Crippen LogP contribution is 2.40. The Hall–Kier alpha value is -0.353. The summed E-state index contributed by atoms with van der Waals surface area (Å²) in [6.07, 6.45) is 6.65. The van der Waals surface area contributed by atoms with Crippen molar-refractivity contribution in [2.75, 3.05) is 7.11 Å². The molecule has 0 radical (unpaired) electrons. The van der Waals surface area contributed by atoms with Crippen LogP contribution in [-0.4, -0.2) is 27.5 Å². The van der Waals surface area contributed by atoms with Crippen molar-refractivity contribution in [2.24, 2.45) is 5.92 Å². The third-order valence-electron chi connectivity index (χ3n) is 4.99. The van der Waals surface area contributed by atoms with Crippen molar-refractivity contribution in [1.29, 1.82) is 0 Å². The lowest BCUT2D eigenvalue weighted by Gasteiger charge is -2.41. The van der Waals surface area contributed by atoms with E-state index in [9.17, 15) is 4.79 Å². The second-order valence-electron chi connectivity index (χ2n) is 7.65. The Kier molecular flexibility index (Phi) is 6.26. The Morgan fingerprint density at radius 3 is 2.45 bits per heavy atom. The summed E-state index contributed by atoms with van der Waals surface area (Å²) < 4.78 is 11.3. The number of hydrogen-bond donors (Lipinski definition) is 0. The Bertz CT molecular complexity index is 320. The number of ether oxygens (including phenoxy) is 1. The maximum Gasteiger partial charge on any atom is 0.305 e. The minimum absolute atomic E-state index is 0.0857. The average molecular weight is 301 g/mol. The first-order valence-corrected chi connectivity index (χ1v) is 10.8. The highest BCUT2D eigenvalue weighted by molar-refractivity contribution is 6.74. The molecule has 0 amide bonds. The van der Waals surface area contributed by atoms with Gasteiger partial charge in [0.2, 0.25) is 0 Å². The van der Waals surface area contributed by atoms with Crippen LogP contribution in [0.4, 0.5) is 0 Å². The van der Waals surface area contributed by atoms with Gasteiger partial charge in [0.1, 0.15) is 0 Å². The molecule has 2 atom stereocenters. The van der Waals surface area contributed by atoms with E-state index in [0.29, 0.717) is 18.4 Å². The van der Waals surface area contributed by atoms with Crippen molar-refractivity contribution >= 4 is 14.3 Å². The maximum absolute atomic E-state index is 11.2. The first-order chi connectivity index (χ1) is 9.15. The molecule has 0 aromatic carbocycles. The maximum atomic E-state index is 11.2. The van der Waals surface area contributed by atoms with Crippen LogP contribution in [0, 0.1) is 5.92 Å². The predicted molar refractivity (Wildman–Crippen MR) is 85.3 cm³/mol. The van der Waals surface area contributed by atoms with Crippen molar-refractivity contribution in [1.82, 2.24) is 0 Å². The van der Waals surface area contributed by atoms with Crippen LogP contribution in [0.15, 0.2) is 0 Å². The first kappa shape index (κ1) is 17.7. The summed E-state index contributed by atoms with van der Waals surface area (Å²) in [4.78, 5) is 11.2.